The molecular weight excluding hydrogens is 360 g/mol. The van der Waals surface area contributed by atoms with Gasteiger partial charge in [0.15, 0.2) is 11.5 Å². The Labute approximate surface area is 167 Å². The highest BCUT2D eigenvalue weighted by Gasteiger charge is 2.09. The lowest BCUT2D eigenvalue weighted by molar-refractivity contribution is 0.934. The second kappa shape index (κ2) is 7.16. The molecule has 0 fully saturated rings. The minimum Gasteiger partial charge on any atom is -0.259 e. The van der Waals surface area contributed by atoms with Crippen LogP contribution in [0.5, 0.6) is 0 Å². The molecular formula is C23H18N6. The van der Waals surface area contributed by atoms with Crippen molar-refractivity contribution in [1.82, 2.24) is 19.8 Å². The highest BCUT2D eigenvalue weighted by molar-refractivity contribution is 6.02. The third-order valence-corrected chi connectivity index (χ3v) is 4.90. The van der Waals surface area contributed by atoms with Gasteiger partial charge in [-0.05, 0) is 23.6 Å². The van der Waals surface area contributed by atoms with Gasteiger partial charge < -0.3 is 0 Å². The van der Waals surface area contributed by atoms with Crippen LogP contribution in [0, 0.1) is 0 Å². The van der Waals surface area contributed by atoms with Gasteiger partial charge in [0.1, 0.15) is 6.33 Å². The molecule has 0 aliphatic rings. The van der Waals surface area contributed by atoms with Gasteiger partial charge in [-0.25, -0.2) is 0 Å². The molecule has 3 aromatic carbocycles. The third-order valence-electron chi connectivity index (χ3n) is 4.90. The zero-order chi connectivity index (χ0) is 19.6. The Bertz CT molecular complexity index is 1320. The molecule has 6 nitrogen and oxygen atoms in total. The maximum atomic E-state index is 4.56. The zero-order valence-electron chi connectivity index (χ0n) is 15.8. The second-order valence-corrected chi connectivity index (χ2v) is 6.75. The molecule has 29 heavy (non-hydrogen) atoms. The van der Waals surface area contributed by atoms with Gasteiger partial charge >= 0.3 is 0 Å². The molecule has 6 heteroatoms. The predicted molar refractivity (Wildman–Crippen MR) is 116 cm³/mol. The Morgan fingerprint density at radius 1 is 0.828 bits per heavy atom. The molecule has 5 aromatic rings. The standard InChI is InChI=1S/C23H18N6/c1-16(17-11-13-19(14-12-17)18-7-3-2-4-8-18)25-26-22-20-9-5-6-10-21(20)23-27-24-15-29(23)28-22/h2-15H,1H3,(H,26,28)/b25-16-. The topological polar surface area (TPSA) is 67.5 Å². The number of rotatable bonds is 4. The summed E-state index contributed by atoms with van der Waals surface area (Å²) in [5.74, 6) is 0.660. The third kappa shape index (κ3) is 3.21. The smallest absolute Gasteiger partial charge is 0.185 e. The van der Waals surface area contributed by atoms with Crippen molar-refractivity contribution in [3.63, 3.8) is 0 Å². The van der Waals surface area contributed by atoms with Crippen molar-refractivity contribution in [1.29, 1.82) is 0 Å². The highest BCUT2D eigenvalue weighted by atomic mass is 15.4. The zero-order valence-corrected chi connectivity index (χ0v) is 15.8. The molecule has 0 atom stereocenters. The molecule has 2 heterocycles. The molecule has 5 rings (SSSR count). The number of fused-ring (bicyclic) bond motifs is 3. The molecule has 0 aliphatic heterocycles. The molecule has 1 N–H and O–H groups in total. The van der Waals surface area contributed by atoms with E-state index in [1.54, 1.807) is 10.8 Å². The van der Waals surface area contributed by atoms with Crippen LogP contribution in [-0.4, -0.2) is 25.5 Å². The first-order valence-corrected chi connectivity index (χ1v) is 9.34. The lowest BCUT2D eigenvalue weighted by Gasteiger charge is -2.08. The Balaban J connectivity index is 1.45. The van der Waals surface area contributed by atoms with Gasteiger partial charge in [-0.2, -0.15) is 9.62 Å². The number of benzene rings is 3. The molecule has 2 aromatic heterocycles. The van der Waals surface area contributed by atoms with Gasteiger partial charge in [0.25, 0.3) is 0 Å². The van der Waals surface area contributed by atoms with Crippen LogP contribution in [0.25, 0.3) is 27.5 Å². The first kappa shape index (κ1) is 17.1. The monoisotopic (exact) mass is 378 g/mol. The van der Waals surface area contributed by atoms with Crippen molar-refractivity contribution in [2.24, 2.45) is 5.10 Å². The van der Waals surface area contributed by atoms with Crippen LogP contribution < -0.4 is 5.43 Å². The molecule has 0 amide bonds. The van der Waals surface area contributed by atoms with Gasteiger partial charge in [-0.1, -0.05) is 78.9 Å². The molecule has 0 unspecified atom stereocenters. The summed E-state index contributed by atoms with van der Waals surface area (Å²) in [6.07, 6.45) is 1.59. The van der Waals surface area contributed by atoms with Gasteiger partial charge in [0.05, 0.1) is 5.71 Å². The van der Waals surface area contributed by atoms with E-state index in [0.717, 1.165) is 27.7 Å². The molecule has 140 valence electrons. The molecule has 0 saturated carbocycles. The van der Waals surface area contributed by atoms with E-state index in [4.69, 9.17) is 0 Å². The van der Waals surface area contributed by atoms with Crippen molar-refractivity contribution < 1.29 is 0 Å². The van der Waals surface area contributed by atoms with E-state index in [9.17, 15) is 0 Å². The van der Waals surface area contributed by atoms with Gasteiger partial charge in [0.2, 0.25) is 0 Å². The van der Waals surface area contributed by atoms with Crippen LogP contribution in [0.3, 0.4) is 0 Å². The first-order chi connectivity index (χ1) is 14.3. The van der Waals surface area contributed by atoms with Gasteiger partial charge in [-0.3, -0.25) is 5.43 Å². The van der Waals surface area contributed by atoms with Crippen LogP contribution in [0.2, 0.25) is 0 Å². The van der Waals surface area contributed by atoms with Crippen molar-refractivity contribution >= 4 is 27.9 Å². The molecule has 0 spiro atoms. The van der Waals surface area contributed by atoms with E-state index in [1.807, 2.05) is 49.4 Å². The number of hydrogen-bond acceptors (Lipinski definition) is 5. The van der Waals surface area contributed by atoms with E-state index in [-0.39, 0.29) is 0 Å². The van der Waals surface area contributed by atoms with Crippen molar-refractivity contribution in [3.05, 3.63) is 90.8 Å². The van der Waals surface area contributed by atoms with E-state index in [0.29, 0.717) is 5.82 Å². The van der Waals surface area contributed by atoms with Crippen molar-refractivity contribution in [3.8, 4) is 11.1 Å². The van der Waals surface area contributed by atoms with Crippen LogP contribution in [0.15, 0.2) is 90.3 Å². The fraction of sp³-hybridized carbons (Fsp3) is 0.0435. The highest BCUT2D eigenvalue weighted by Crippen LogP contribution is 2.24. The Morgan fingerprint density at radius 2 is 1.52 bits per heavy atom. The van der Waals surface area contributed by atoms with Crippen LogP contribution >= 0.6 is 0 Å². The quantitative estimate of drug-likeness (QED) is 0.361. The number of aromatic nitrogens is 4. The van der Waals surface area contributed by atoms with Crippen LogP contribution in [0.1, 0.15) is 12.5 Å². The van der Waals surface area contributed by atoms with Gasteiger partial charge in [-0.15, -0.1) is 15.3 Å². The summed E-state index contributed by atoms with van der Waals surface area (Å²) in [5, 5.41) is 19.1. The second-order valence-electron chi connectivity index (χ2n) is 6.75. The van der Waals surface area contributed by atoms with Crippen molar-refractivity contribution in [2.45, 2.75) is 6.92 Å². The van der Waals surface area contributed by atoms with Crippen molar-refractivity contribution in [2.75, 3.05) is 5.43 Å². The molecule has 0 saturated heterocycles. The number of hydrazone groups is 1. The van der Waals surface area contributed by atoms with Gasteiger partial charge in [0, 0.05) is 10.8 Å². The average molecular weight is 378 g/mol. The lowest BCUT2D eigenvalue weighted by atomic mass is 10.0. The minimum absolute atomic E-state index is 0.660. The fourth-order valence-corrected chi connectivity index (χ4v) is 3.35. The fourth-order valence-electron chi connectivity index (χ4n) is 3.35. The van der Waals surface area contributed by atoms with E-state index < -0.39 is 0 Å². The number of nitrogens with one attached hydrogen (secondary N) is 1. The maximum absolute atomic E-state index is 4.56. The summed E-state index contributed by atoms with van der Waals surface area (Å²) in [4.78, 5) is 0. The van der Waals surface area contributed by atoms with E-state index in [1.165, 1.54) is 11.1 Å². The SMILES string of the molecule is C/C(=N/Nc1nn2cnnc2c2ccccc12)c1ccc(-c2ccccc2)cc1. The lowest BCUT2D eigenvalue weighted by Crippen LogP contribution is -2.04. The Hall–Kier alpha value is -4.06. The van der Waals surface area contributed by atoms with E-state index in [2.05, 4.69) is 62.2 Å². The average Bonchev–Trinajstić information content (AvgIpc) is 3.27. The van der Waals surface area contributed by atoms with Crippen LogP contribution in [0.4, 0.5) is 5.82 Å². The van der Waals surface area contributed by atoms with Crippen LogP contribution in [-0.2, 0) is 0 Å². The molecule has 0 radical (unpaired) electrons. The van der Waals surface area contributed by atoms with E-state index >= 15 is 0 Å². The first-order valence-electron chi connectivity index (χ1n) is 9.34. The summed E-state index contributed by atoms with van der Waals surface area (Å²) in [6, 6.07) is 26.7. The summed E-state index contributed by atoms with van der Waals surface area (Å²) < 4.78 is 1.66. The minimum atomic E-state index is 0.660. The summed E-state index contributed by atoms with van der Waals surface area (Å²) in [5.41, 5.74) is 8.14. The number of anilines is 1. The predicted octanol–water partition coefficient (Wildman–Crippen LogP) is 4.78. The number of nitrogens with zero attached hydrogens (tertiary/aromatic N) is 5. The summed E-state index contributed by atoms with van der Waals surface area (Å²) in [7, 11) is 0. The maximum Gasteiger partial charge on any atom is 0.185 e. The Kier molecular flexibility index (Phi) is 4.22. The molecule has 0 bridgehead atoms. The molecule has 0 aliphatic carbocycles. The summed E-state index contributed by atoms with van der Waals surface area (Å²) in [6.45, 7) is 1.98. The normalized spacial score (nSPS) is 11.8. The summed E-state index contributed by atoms with van der Waals surface area (Å²) >= 11 is 0. The number of hydrogen-bond donors (Lipinski definition) is 1. The largest absolute Gasteiger partial charge is 0.259 e. The Morgan fingerprint density at radius 3 is 2.31 bits per heavy atom.